The second-order valence-electron chi connectivity index (χ2n) is 4.61. The maximum absolute atomic E-state index is 11.0. The van der Waals surface area contributed by atoms with Crippen LogP contribution >= 0.6 is 16.1 Å². The fraction of sp³-hybridized carbons (Fsp3) is 0.462. The lowest BCUT2D eigenvalue weighted by molar-refractivity contribution is -0.138. The Bertz CT molecular complexity index is 462. The van der Waals surface area contributed by atoms with Crippen LogP contribution in [0.25, 0.3) is 0 Å². The molecular weight excluding hydrogens is 298 g/mol. The summed E-state index contributed by atoms with van der Waals surface area (Å²) in [5.74, 6) is -0.545. The summed E-state index contributed by atoms with van der Waals surface area (Å²) < 4.78 is 2.62. The Labute approximate surface area is 114 Å². The molecule has 5 heteroatoms. The number of hydrogen-bond donors (Lipinski definition) is 3. The van der Waals surface area contributed by atoms with Crippen LogP contribution in [0.5, 0.6) is 5.75 Å². The molecule has 1 aromatic carbocycles. The SMILES string of the molecule is O=C(O)[C@H](Cc1ccc(O)c2c1CCCC2)NBr. The van der Waals surface area contributed by atoms with Crippen molar-refractivity contribution in [2.24, 2.45) is 0 Å². The first kappa shape index (κ1) is 13.4. The van der Waals surface area contributed by atoms with Crippen molar-refractivity contribution < 1.29 is 15.0 Å². The van der Waals surface area contributed by atoms with E-state index in [0.29, 0.717) is 12.2 Å². The number of halogens is 1. The zero-order chi connectivity index (χ0) is 13.1. The average molecular weight is 314 g/mol. The minimum Gasteiger partial charge on any atom is -0.508 e. The van der Waals surface area contributed by atoms with Crippen LogP contribution in [0.4, 0.5) is 0 Å². The molecular formula is C13H16BrNO3. The molecule has 1 aliphatic carbocycles. The van der Waals surface area contributed by atoms with Gasteiger partial charge in [-0.15, -0.1) is 0 Å². The third-order valence-electron chi connectivity index (χ3n) is 3.46. The van der Waals surface area contributed by atoms with Crippen molar-refractivity contribution in [2.45, 2.75) is 38.1 Å². The second-order valence-corrected chi connectivity index (χ2v) is 5.07. The summed E-state index contributed by atoms with van der Waals surface area (Å²) in [5.41, 5.74) is 3.15. The van der Waals surface area contributed by atoms with Gasteiger partial charge in [0.25, 0.3) is 0 Å². The molecule has 0 saturated carbocycles. The molecule has 0 heterocycles. The van der Waals surface area contributed by atoms with Gasteiger partial charge in [-0.1, -0.05) is 6.07 Å². The number of rotatable bonds is 4. The van der Waals surface area contributed by atoms with Crippen molar-refractivity contribution in [1.29, 1.82) is 0 Å². The van der Waals surface area contributed by atoms with Crippen LogP contribution in [0, 0.1) is 0 Å². The van der Waals surface area contributed by atoms with Gasteiger partial charge in [0.1, 0.15) is 11.8 Å². The number of benzene rings is 1. The molecule has 0 unspecified atom stereocenters. The molecule has 1 aromatic rings. The van der Waals surface area contributed by atoms with Crippen LogP contribution in [-0.4, -0.2) is 22.2 Å². The molecule has 0 spiro atoms. The van der Waals surface area contributed by atoms with E-state index in [4.69, 9.17) is 5.11 Å². The zero-order valence-corrected chi connectivity index (χ0v) is 11.5. The summed E-state index contributed by atoms with van der Waals surface area (Å²) in [6, 6.07) is 2.85. The van der Waals surface area contributed by atoms with Crippen LogP contribution in [-0.2, 0) is 24.1 Å². The van der Waals surface area contributed by atoms with Crippen LogP contribution in [0.2, 0.25) is 0 Å². The van der Waals surface area contributed by atoms with Gasteiger partial charge in [0.15, 0.2) is 0 Å². The van der Waals surface area contributed by atoms with Crippen molar-refractivity contribution in [3.8, 4) is 5.75 Å². The average Bonchev–Trinajstić information content (AvgIpc) is 2.38. The molecule has 0 bridgehead atoms. The molecule has 0 aliphatic heterocycles. The van der Waals surface area contributed by atoms with Gasteiger partial charge in [-0.2, -0.15) is 0 Å². The number of phenols is 1. The van der Waals surface area contributed by atoms with Gasteiger partial charge in [-0.25, -0.2) is 4.34 Å². The Morgan fingerprint density at radius 2 is 2.00 bits per heavy atom. The van der Waals surface area contributed by atoms with Crippen molar-refractivity contribution >= 4 is 22.1 Å². The Morgan fingerprint density at radius 1 is 1.33 bits per heavy atom. The molecule has 0 aromatic heterocycles. The predicted molar refractivity (Wildman–Crippen MR) is 71.9 cm³/mol. The highest BCUT2D eigenvalue weighted by Crippen LogP contribution is 2.32. The van der Waals surface area contributed by atoms with Gasteiger partial charge in [-0.05, 0) is 54.9 Å². The lowest BCUT2D eigenvalue weighted by Gasteiger charge is -2.22. The fourth-order valence-electron chi connectivity index (χ4n) is 2.51. The number of carboxylic acid groups (broad SMARTS) is 1. The zero-order valence-electron chi connectivity index (χ0n) is 9.95. The maximum atomic E-state index is 11.0. The van der Waals surface area contributed by atoms with Crippen molar-refractivity contribution in [3.63, 3.8) is 0 Å². The summed E-state index contributed by atoms with van der Waals surface area (Å²) in [6.45, 7) is 0. The van der Waals surface area contributed by atoms with Gasteiger partial charge in [-0.3, -0.25) is 4.79 Å². The van der Waals surface area contributed by atoms with Crippen molar-refractivity contribution in [3.05, 3.63) is 28.8 Å². The molecule has 18 heavy (non-hydrogen) atoms. The number of hydrogen-bond acceptors (Lipinski definition) is 3. The van der Waals surface area contributed by atoms with E-state index in [9.17, 15) is 9.90 Å². The maximum Gasteiger partial charge on any atom is 0.321 e. The largest absolute Gasteiger partial charge is 0.508 e. The van der Waals surface area contributed by atoms with E-state index in [-0.39, 0.29) is 0 Å². The highest BCUT2D eigenvalue weighted by atomic mass is 79.9. The number of aromatic hydroxyl groups is 1. The van der Waals surface area contributed by atoms with Crippen molar-refractivity contribution in [1.82, 2.24) is 4.34 Å². The van der Waals surface area contributed by atoms with Crippen LogP contribution in [0.3, 0.4) is 0 Å². The minimum absolute atomic E-state index is 0.340. The molecule has 0 radical (unpaired) electrons. The molecule has 1 atom stereocenters. The summed E-state index contributed by atoms with van der Waals surface area (Å²) in [6.07, 6.45) is 4.41. The first-order valence-corrected chi connectivity index (χ1v) is 6.84. The smallest absolute Gasteiger partial charge is 0.321 e. The monoisotopic (exact) mass is 313 g/mol. The van der Waals surface area contributed by atoms with E-state index in [1.807, 2.05) is 6.07 Å². The quantitative estimate of drug-likeness (QED) is 0.745. The molecule has 2 rings (SSSR count). The third kappa shape index (κ3) is 2.67. The summed E-state index contributed by atoms with van der Waals surface area (Å²) in [4.78, 5) is 11.0. The Kier molecular flexibility index (Phi) is 4.24. The lowest BCUT2D eigenvalue weighted by Crippen LogP contribution is -2.32. The van der Waals surface area contributed by atoms with Gasteiger partial charge >= 0.3 is 5.97 Å². The second kappa shape index (κ2) is 5.71. The topological polar surface area (TPSA) is 69.6 Å². The van der Waals surface area contributed by atoms with Gasteiger partial charge in [0.2, 0.25) is 0 Å². The van der Waals surface area contributed by atoms with Crippen LogP contribution in [0.1, 0.15) is 29.5 Å². The van der Waals surface area contributed by atoms with E-state index in [1.165, 1.54) is 0 Å². The standard InChI is InChI=1S/C13H16BrNO3/c14-15-11(13(17)18)7-8-5-6-12(16)10-4-2-1-3-9(8)10/h5-6,11,15-16H,1-4,7H2,(H,17,18)/t11-/m0/s1. The Balaban J connectivity index is 2.31. The number of fused-ring (bicyclic) bond motifs is 1. The highest BCUT2D eigenvalue weighted by Gasteiger charge is 2.21. The van der Waals surface area contributed by atoms with Crippen LogP contribution < -0.4 is 4.34 Å². The normalized spacial score (nSPS) is 16.1. The molecule has 0 saturated heterocycles. The fourth-order valence-corrected chi connectivity index (χ4v) is 2.86. The van der Waals surface area contributed by atoms with Crippen molar-refractivity contribution in [2.75, 3.05) is 0 Å². The molecule has 0 amide bonds. The highest BCUT2D eigenvalue weighted by molar-refractivity contribution is 9.08. The first-order chi connectivity index (χ1) is 8.63. The molecule has 1 aliphatic rings. The number of aliphatic carboxylic acids is 1. The van der Waals surface area contributed by atoms with Crippen LogP contribution in [0.15, 0.2) is 12.1 Å². The van der Waals surface area contributed by atoms with Gasteiger partial charge in [0.05, 0.1) is 0 Å². The molecule has 4 nitrogen and oxygen atoms in total. The summed E-state index contributed by atoms with van der Waals surface area (Å²) >= 11 is 3.00. The van der Waals surface area contributed by atoms with E-state index >= 15 is 0 Å². The van der Waals surface area contributed by atoms with Gasteiger partial charge < -0.3 is 10.2 Å². The van der Waals surface area contributed by atoms with E-state index in [1.54, 1.807) is 6.07 Å². The minimum atomic E-state index is -0.885. The van der Waals surface area contributed by atoms with E-state index in [0.717, 1.165) is 42.4 Å². The summed E-state index contributed by atoms with van der Waals surface area (Å²) in [5, 5.41) is 18.9. The number of carboxylic acids is 1. The predicted octanol–water partition coefficient (Wildman–Crippen LogP) is 2.17. The lowest BCUT2D eigenvalue weighted by atomic mass is 9.85. The third-order valence-corrected chi connectivity index (χ3v) is 4.01. The summed E-state index contributed by atoms with van der Waals surface area (Å²) in [7, 11) is 0. The number of nitrogens with one attached hydrogen (secondary N) is 1. The Hall–Kier alpha value is -1.07. The first-order valence-electron chi connectivity index (χ1n) is 6.05. The molecule has 98 valence electrons. The number of carbonyl (C=O) groups is 1. The van der Waals surface area contributed by atoms with E-state index in [2.05, 4.69) is 20.5 Å². The number of phenolic OH excluding ortho intramolecular Hbond substituents is 1. The molecule has 3 N–H and O–H groups in total. The van der Waals surface area contributed by atoms with Gasteiger partial charge in [0, 0.05) is 16.1 Å². The molecule has 0 fully saturated rings. The Morgan fingerprint density at radius 3 is 2.61 bits per heavy atom. The van der Waals surface area contributed by atoms with E-state index < -0.39 is 12.0 Å².